The lowest BCUT2D eigenvalue weighted by Crippen LogP contribution is -2.51. The molecule has 39 heavy (non-hydrogen) atoms. The zero-order chi connectivity index (χ0) is 28.7. The minimum Gasteiger partial charge on any atom is -0.495 e. The van der Waals surface area contributed by atoms with E-state index in [1.165, 1.54) is 31.3 Å². The predicted octanol–water partition coefficient (Wildman–Crippen LogP) is 1.11. The summed E-state index contributed by atoms with van der Waals surface area (Å²) < 4.78 is 37.8. The van der Waals surface area contributed by atoms with Gasteiger partial charge >= 0.3 is 11.7 Å². The Labute approximate surface area is 224 Å². The first-order valence-electron chi connectivity index (χ1n) is 11.8. The fourth-order valence-electron chi connectivity index (χ4n) is 4.03. The Bertz CT molecular complexity index is 1340. The normalized spacial score (nSPS) is 14.8. The summed E-state index contributed by atoms with van der Waals surface area (Å²) in [5.74, 6) is -2.56. The lowest BCUT2D eigenvalue weighted by atomic mass is 10.1. The topological polar surface area (TPSA) is 186 Å². The molecule has 14 nitrogen and oxygen atoms in total. The molecule has 1 heterocycles. The SMILES string of the molecule is COc1cc(OC)c(S(=O)(=O)N2CCN(C(=O)CC[C@H](NC(=O)c3ccccc3)C(=O)O)CC2)cc1[N+](=O)[O-]. The summed E-state index contributed by atoms with van der Waals surface area (Å²) in [4.78, 5) is 48.3. The van der Waals surface area contributed by atoms with Crippen LogP contribution in [0.5, 0.6) is 11.5 Å². The number of carbonyl (C=O) groups is 3. The molecule has 0 spiro atoms. The number of nitrogens with one attached hydrogen (secondary N) is 1. The molecule has 2 aromatic carbocycles. The van der Waals surface area contributed by atoms with E-state index in [0.717, 1.165) is 16.4 Å². The van der Waals surface area contributed by atoms with E-state index in [0.29, 0.717) is 0 Å². The molecule has 0 bridgehead atoms. The first-order valence-corrected chi connectivity index (χ1v) is 13.2. The van der Waals surface area contributed by atoms with Crippen molar-refractivity contribution in [1.29, 1.82) is 0 Å². The number of aliphatic carboxylic acids is 1. The summed E-state index contributed by atoms with van der Waals surface area (Å²) in [7, 11) is -1.79. The van der Waals surface area contributed by atoms with Gasteiger partial charge in [0.15, 0.2) is 0 Å². The van der Waals surface area contributed by atoms with Gasteiger partial charge in [0.2, 0.25) is 21.7 Å². The Balaban J connectivity index is 1.63. The van der Waals surface area contributed by atoms with Gasteiger partial charge in [0.05, 0.1) is 19.1 Å². The molecule has 15 heteroatoms. The molecule has 0 unspecified atom stereocenters. The van der Waals surface area contributed by atoms with Crippen LogP contribution in [0.4, 0.5) is 5.69 Å². The number of benzene rings is 2. The van der Waals surface area contributed by atoms with Crippen molar-refractivity contribution in [3.05, 3.63) is 58.1 Å². The highest BCUT2D eigenvalue weighted by Crippen LogP contribution is 2.38. The predicted molar refractivity (Wildman–Crippen MR) is 136 cm³/mol. The Kier molecular flexibility index (Phi) is 9.42. The van der Waals surface area contributed by atoms with Gasteiger partial charge in [-0.2, -0.15) is 4.31 Å². The van der Waals surface area contributed by atoms with Gasteiger partial charge in [0.25, 0.3) is 5.91 Å². The average molecular weight is 565 g/mol. The molecule has 2 amide bonds. The number of hydrogen-bond donors (Lipinski definition) is 2. The van der Waals surface area contributed by atoms with Gasteiger partial charge in [-0.25, -0.2) is 13.2 Å². The third kappa shape index (κ3) is 6.80. The van der Waals surface area contributed by atoms with Crippen LogP contribution in [0.2, 0.25) is 0 Å². The van der Waals surface area contributed by atoms with Gasteiger partial charge in [-0.3, -0.25) is 19.7 Å². The molecule has 2 N–H and O–H groups in total. The van der Waals surface area contributed by atoms with Crippen LogP contribution in [0.1, 0.15) is 23.2 Å². The molecular formula is C24H28N4O10S. The zero-order valence-electron chi connectivity index (χ0n) is 21.2. The lowest BCUT2D eigenvalue weighted by molar-refractivity contribution is -0.386. The lowest BCUT2D eigenvalue weighted by Gasteiger charge is -2.34. The highest BCUT2D eigenvalue weighted by Gasteiger charge is 2.35. The van der Waals surface area contributed by atoms with Crippen molar-refractivity contribution in [1.82, 2.24) is 14.5 Å². The van der Waals surface area contributed by atoms with Crippen LogP contribution in [-0.2, 0) is 19.6 Å². The monoisotopic (exact) mass is 564 g/mol. The highest BCUT2D eigenvalue weighted by atomic mass is 32.2. The fourth-order valence-corrected chi connectivity index (χ4v) is 5.61. The summed E-state index contributed by atoms with van der Waals surface area (Å²) in [6.45, 7) is -0.145. The van der Waals surface area contributed by atoms with Crippen molar-refractivity contribution in [2.24, 2.45) is 0 Å². The molecule has 210 valence electrons. The number of piperazine rings is 1. The second kappa shape index (κ2) is 12.5. The minimum absolute atomic E-state index is 0.0206. The van der Waals surface area contributed by atoms with Gasteiger partial charge in [-0.1, -0.05) is 18.2 Å². The number of nitro groups is 1. The summed E-state index contributed by atoms with van der Waals surface area (Å²) in [6, 6.07) is 8.77. The number of sulfonamides is 1. The molecule has 1 fully saturated rings. The summed E-state index contributed by atoms with van der Waals surface area (Å²) in [5.41, 5.74) is -0.260. The Hall–Kier alpha value is -4.24. The fraction of sp³-hybridized carbons (Fsp3) is 0.375. The number of carboxylic acid groups (broad SMARTS) is 1. The minimum atomic E-state index is -4.23. The van der Waals surface area contributed by atoms with Crippen LogP contribution in [0.15, 0.2) is 47.4 Å². The summed E-state index contributed by atoms with van der Waals surface area (Å²) >= 11 is 0. The van der Waals surface area contributed by atoms with Crippen LogP contribution in [0, 0.1) is 10.1 Å². The molecule has 0 saturated carbocycles. The zero-order valence-corrected chi connectivity index (χ0v) is 22.0. The number of amides is 2. The van der Waals surface area contributed by atoms with E-state index in [-0.39, 0.29) is 56.1 Å². The largest absolute Gasteiger partial charge is 0.495 e. The average Bonchev–Trinajstić information content (AvgIpc) is 2.94. The maximum absolute atomic E-state index is 13.3. The van der Waals surface area contributed by atoms with Crippen LogP contribution >= 0.6 is 0 Å². The van der Waals surface area contributed by atoms with E-state index >= 15 is 0 Å². The van der Waals surface area contributed by atoms with Crippen molar-refractivity contribution in [2.45, 2.75) is 23.8 Å². The number of methoxy groups -OCH3 is 2. The molecule has 0 aliphatic carbocycles. The second-order valence-electron chi connectivity index (χ2n) is 8.49. The molecular weight excluding hydrogens is 536 g/mol. The van der Waals surface area contributed by atoms with Crippen molar-refractivity contribution in [3.63, 3.8) is 0 Å². The number of hydrogen-bond acceptors (Lipinski definition) is 9. The first kappa shape index (κ1) is 29.3. The van der Waals surface area contributed by atoms with Gasteiger partial charge < -0.3 is 24.8 Å². The Morgan fingerprint density at radius 3 is 2.21 bits per heavy atom. The standard InChI is InChI=1S/C24H28N4O10S/c1-37-19-15-20(38-2)21(14-18(19)28(33)34)39(35,36)27-12-10-26(11-13-27)22(29)9-8-17(24(31)32)25-23(30)16-6-4-3-5-7-16/h3-7,14-15,17H,8-13H2,1-2H3,(H,25,30)(H,31,32)/t17-/m0/s1. The van der Waals surface area contributed by atoms with Crippen molar-refractivity contribution in [3.8, 4) is 11.5 Å². The number of nitrogens with zero attached hydrogens (tertiary/aromatic N) is 3. The highest BCUT2D eigenvalue weighted by molar-refractivity contribution is 7.89. The second-order valence-corrected chi connectivity index (χ2v) is 10.4. The van der Waals surface area contributed by atoms with Gasteiger partial charge in [-0.15, -0.1) is 0 Å². The van der Waals surface area contributed by atoms with Crippen LogP contribution < -0.4 is 14.8 Å². The van der Waals surface area contributed by atoms with Crippen molar-refractivity contribution in [2.75, 3.05) is 40.4 Å². The summed E-state index contributed by atoms with van der Waals surface area (Å²) in [5, 5.41) is 23.3. The molecule has 0 aromatic heterocycles. The molecule has 1 aliphatic heterocycles. The van der Waals surface area contributed by atoms with Gasteiger partial charge in [0.1, 0.15) is 16.7 Å². The molecule has 3 rings (SSSR count). The Morgan fingerprint density at radius 2 is 1.67 bits per heavy atom. The van der Waals surface area contributed by atoms with Gasteiger partial charge in [0, 0.05) is 50.3 Å². The molecule has 1 aliphatic rings. The number of nitro benzene ring substituents is 1. The Morgan fingerprint density at radius 1 is 1.05 bits per heavy atom. The van der Waals surface area contributed by atoms with Crippen molar-refractivity contribution < 1.29 is 42.3 Å². The van der Waals surface area contributed by atoms with Crippen LogP contribution in [-0.4, -0.2) is 91.9 Å². The maximum atomic E-state index is 13.3. The van der Waals surface area contributed by atoms with Crippen LogP contribution in [0.3, 0.4) is 0 Å². The van der Waals surface area contributed by atoms with E-state index in [4.69, 9.17) is 9.47 Å². The first-order chi connectivity index (χ1) is 18.5. The van der Waals surface area contributed by atoms with E-state index in [2.05, 4.69) is 5.32 Å². The van der Waals surface area contributed by atoms with Gasteiger partial charge in [-0.05, 0) is 18.6 Å². The number of carbonyl (C=O) groups excluding carboxylic acids is 2. The quantitative estimate of drug-likeness (QED) is 0.296. The third-order valence-electron chi connectivity index (χ3n) is 6.16. The molecule has 2 aromatic rings. The molecule has 1 saturated heterocycles. The number of carboxylic acids is 1. The smallest absolute Gasteiger partial charge is 0.326 e. The number of ether oxygens (including phenoxy) is 2. The number of rotatable bonds is 11. The molecule has 1 atom stereocenters. The maximum Gasteiger partial charge on any atom is 0.326 e. The van der Waals surface area contributed by atoms with E-state index in [1.807, 2.05) is 0 Å². The summed E-state index contributed by atoms with van der Waals surface area (Å²) in [6.07, 6.45) is -0.338. The van der Waals surface area contributed by atoms with E-state index in [9.17, 15) is 38.0 Å². The van der Waals surface area contributed by atoms with Crippen LogP contribution in [0.25, 0.3) is 0 Å². The van der Waals surface area contributed by atoms with E-state index < -0.39 is 49.4 Å². The van der Waals surface area contributed by atoms with Crippen molar-refractivity contribution >= 4 is 33.5 Å². The molecule has 0 radical (unpaired) electrons. The van der Waals surface area contributed by atoms with E-state index in [1.54, 1.807) is 18.2 Å². The third-order valence-corrected chi connectivity index (χ3v) is 8.08.